The molecule has 0 saturated carbocycles. The predicted octanol–water partition coefficient (Wildman–Crippen LogP) is 3.46. The summed E-state index contributed by atoms with van der Waals surface area (Å²) in [7, 11) is 0. The van der Waals surface area contributed by atoms with Crippen LogP contribution in [-0.2, 0) is 6.54 Å². The molecule has 1 aliphatic rings. The number of nitrogens with zero attached hydrogens (tertiary/aromatic N) is 1. The van der Waals surface area contributed by atoms with Gasteiger partial charge in [-0.05, 0) is 38.7 Å². The molecule has 2 nitrogen and oxygen atoms in total. The maximum absolute atomic E-state index is 10.1. The van der Waals surface area contributed by atoms with E-state index in [0.717, 1.165) is 17.7 Å². The van der Waals surface area contributed by atoms with E-state index in [1.807, 2.05) is 25.1 Å². The molecule has 2 atom stereocenters. The fourth-order valence-corrected chi connectivity index (χ4v) is 2.89. The number of rotatable bonds is 3. The van der Waals surface area contributed by atoms with E-state index in [2.05, 4.69) is 18.7 Å². The van der Waals surface area contributed by atoms with E-state index in [0.29, 0.717) is 17.8 Å². The Morgan fingerprint density at radius 3 is 2.82 bits per heavy atom. The van der Waals surface area contributed by atoms with Crippen molar-refractivity contribution >= 4 is 0 Å². The van der Waals surface area contributed by atoms with Crippen LogP contribution < -0.4 is 0 Å². The summed E-state index contributed by atoms with van der Waals surface area (Å²) in [5.41, 5.74) is 2.04. The Hall–Kier alpha value is -1.02. The lowest BCUT2D eigenvalue weighted by molar-refractivity contribution is 0.187. The molecule has 2 heteroatoms. The molecule has 1 aromatic rings. The topological polar surface area (TPSA) is 23.5 Å². The second-order valence-corrected chi connectivity index (χ2v) is 5.24. The van der Waals surface area contributed by atoms with Crippen molar-refractivity contribution in [2.24, 2.45) is 0 Å². The maximum Gasteiger partial charge on any atom is 0.122 e. The Morgan fingerprint density at radius 1 is 1.35 bits per heavy atom. The van der Waals surface area contributed by atoms with Gasteiger partial charge < -0.3 is 5.11 Å². The van der Waals surface area contributed by atoms with Gasteiger partial charge in [0.05, 0.1) is 0 Å². The van der Waals surface area contributed by atoms with Gasteiger partial charge in [0, 0.05) is 24.2 Å². The van der Waals surface area contributed by atoms with Crippen LogP contribution in [0.4, 0.5) is 0 Å². The van der Waals surface area contributed by atoms with E-state index >= 15 is 0 Å². The first-order valence-electron chi connectivity index (χ1n) is 6.66. The first-order valence-corrected chi connectivity index (χ1v) is 6.66. The molecule has 2 unspecified atom stereocenters. The summed E-state index contributed by atoms with van der Waals surface area (Å²) < 4.78 is 0. The van der Waals surface area contributed by atoms with Gasteiger partial charge in [-0.2, -0.15) is 0 Å². The van der Waals surface area contributed by atoms with Gasteiger partial charge in [-0.1, -0.05) is 25.1 Å². The zero-order valence-corrected chi connectivity index (χ0v) is 11.1. The van der Waals surface area contributed by atoms with Crippen molar-refractivity contribution in [3.05, 3.63) is 29.3 Å². The summed E-state index contributed by atoms with van der Waals surface area (Å²) >= 11 is 0. The number of aromatic hydroxyl groups is 1. The van der Waals surface area contributed by atoms with Gasteiger partial charge in [-0.25, -0.2) is 0 Å². The molecule has 0 bridgehead atoms. The molecule has 0 radical (unpaired) electrons. The minimum absolute atomic E-state index is 0.474. The number of hydrogen-bond acceptors (Lipinski definition) is 2. The summed E-state index contributed by atoms with van der Waals surface area (Å²) in [4.78, 5) is 2.54. The molecule has 0 aliphatic carbocycles. The lowest BCUT2D eigenvalue weighted by Crippen LogP contribution is -2.33. The van der Waals surface area contributed by atoms with Gasteiger partial charge in [0.25, 0.3) is 0 Å². The smallest absolute Gasteiger partial charge is 0.122 e. The molecule has 1 saturated heterocycles. The second kappa shape index (κ2) is 5.09. The average molecular weight is 233 g/mol. The number of para-hydroxylation sites is 1. The Labute approximate surface area is 104 Å². The van der Waals surface area contributed by atoms with Crippen molar-refractivity contribution in [1.29, 1.82) is 0 Å². The van der Waals surface area contributed by atoms with Crippen LogP contribution in [-0.4, -0.2) is 22.1 Å². The highest BCUT2D eigenvalue weighted by molar-refractivity contribution is 5.39. The van der Waals surface area contributed by atoms with Crippen molar-refractivity contribution in [2.75, 3.05) is 0 Å². The number of aryl methyl sites for hydroxylation is 1. The van der Waals surface area contributed by atoms with Gasteiger partial charge in [-0.3, -0.25) is 4.90 Å². The Kier molecular flexibility index (Phi) is 3.72. The van der Waals surface area contributed by atoms with Crippen LogP contribution in [0.5, 0.6) is 5.75 Å². The van der Waals surface area contributed by atoms with Crippen molar-refractivity contribution in [3.8, 4) is 5.75 Å². The standard InChI is InChI=1S/C15H23NO/c1-4-14-9-8-12(3)16(14)10-13-7-5-6-11(2)15(13)17/h5-7,12,14,17H,4,8-10H2,1-3H3. The number of phenolic OH excluding ortho intramolecular Hbond substituents is 1. The van der Waals surface area contributed by atoms with Gasteiger partial charge in [0.1, 0.15) is 5.75 Å². The molecule has 94 valence electrons. The first-order chi connectivity index (χ1) is 8.13. The van der Waals surface area contributed by atoms with Crippen LogP contribution in [0, 0.1) is 6.92 Å². The zero-order valence-electron chi connectivity index (χ0n) is 11.1. The van der Waals surface area contributed by atoms with E-state index in [1.165, 1.54) is 19.3 Å². The van der Waals surface area contributed by atoms with Crippen LogP contribution in [0.2, 0.25) is 0 Å². The molecular formula is C15H23NO. The zero-order chi connectivity index (χ0) is 12.4. The lowest BCUT2D eigenvalue weighted by atomic mass is 10.1. The highest BCUT2D eigenvalue weighted by Crippen LogP contribution is 2.30. The molecule has 17 heavy (non-hydrogen) atoms. The number of likely N-dealkylation sites (tertiary alicyclic amines) is 1. The third kappa shape index (κ3) is 2.47. The van der Waals surface area contributed by atoms with E-state index in [4.69, 9.17) is 0 Å². The monoisotopic (exact) mass is 233 g/mol. The average Bonchev–Trinajstić information content (AvgIpc) is 2.66. The Balaban J connectivity index is 2.17. The lowest BCUT2D eigenvalue weighted by Gasteiger charge is -2.28. The first kappa shape index (κ1) is 12.4. The fourth-order valence-electron chi connectivity index (χ4n) is 2.89. The molecule has 2 rings (SSSR count). The molecule has 1 heterocycles. The number of benzene rings is 1. The van der Waals surface area contributed by atoms with Gasteiger partial charge in [0.15, 0.2) is 0 Å². The minimum Gasteiger partial charge on any atom is -0.507 e. The van der Waals surface area contributed by atoms with Crippen molar-refractivity contribution in [3.63, 3.8) is 0 Å². The largest absolute Gasteiger partial charge is 0.507 e. The van der Waals surface area contributed by atoms with Crippen molar-refractivity contribution in [1.82, 2.24) is 4.90 Å². The maximum atomic E-state index is 10.1. The quantitative estimate of drug-likeness (QED) is 0.864. The van der Waals surface area contributed by atoms with Gasteiger partial charge in [-0.15, -0.1) is 0 Å². The van der Waals surface area contributed by atoms with E-state index in [-0.39, 0.29) is 0 Å². The molecule has 0 aromatic heterocycles. The summed E-state index contributed by atoms with van der Waals surface area (Å²) in [5, 5.41) is 10.1. The van der Waals surface area contributed by atoms with E-state index in [9.17, 15) is 5.11 Å². The normalized spacial score (nSPS) is 25.4. The summed E-state index contributed by atoms with van der Waals surface area (Å²) in [6.45, 7) is 7.39. The van der Waals surface area contributed by atoms with Crippen LogP contribution >= 0.6 is 0 Å². The third-order valence-corrected chi connectivity index (χ3v) is 4.10. The summed E-state index contributed by atoms with van der Waals surface area (Å²) in [6.07, 6.45) is 3.78. The van der Waals surface area contributed by atoms with Gasteiger partial charge >= 0.3 is 0 Å². The minimum atomic E-state index is 0.474. The molecule has 1 N–H and O–H groups in total. The highest BCUT2D eigenvalue weighted by Gasteiger charge is 2.29. The van der Waals surface area contributed by atoms with Crippen molar-refractivity contribution in [2.45, 2.75) is 58.7 Å². The molecular weight excluding hydrogens is 210 g/mol. The fraction of sp³-hybridized carbons (Fsp3) is 0.600. The van der Waals surface area contributed by atoms with Crippen LogP contribution in [0.1, 0.15) is 44.2 Å². The molecule has 1 fully saturated rings. The van der Waals surface area contributed by atoms with E-state index in [1.54, 1.807) is 0 Å². The highest BCUT2D eigenvalue weighted by atomic mass is 16.3. The van der Waals surface area contributed by atoms with Crippen molar-refractivity contribution < 1.29 is 5.11 Å². The van der Waals surface area contributed by atoms with Gasteiger partial charge in [0.2, 0.25) is 0 Å². The van der Waals surface area contributed by atoms with Crippen LogP contribution in [0.15, 0.2) is 18.2 Å². The second-order valence-electron chi connectivity index (χ2n) is 5.24. The Bertz CT molecular complexity index is 389. The summed E-state index contributed by atoms with van der Waals surface area (Å²) in [5.74, 6) is 0.474. The van der Waals surface area contributed by atoms with Crippen LogP contribution in [0.3, 0.4) is 0 Å². The molecule has 0 amide bonds. The van der Waals surface area contributed by atoms with Crippen LogP contribution in [0.25, 0.3) is 0 Å². The number of hydrogen-bond donors (Lipinski definition) is 1. The SMILES string of the molecule is CCC1CCC(C)N1Cc1cccc(C)c1O. The summed E-state index contributed by atoms with van der Waals surface area (Å²) in [6, 6.07) is 7.36. The molecule has 1 aliphatic heterocycles. The number of phenols is 1. The van der Waals surface area contributed by atoms with E-state index < -0.39 is 0 Å². The third-order valence-electron chi connectivity index (χ3n) is 4.10. The predicted molar refractivity (Wildman–Crippen MR) is 71.2 cm³/mol. The molecule has 1 aromatic carbocycles. The Morgan fingerprint density at radius 2 is 2.12 bits per heavy atom. The molecule has 0 spiro atoms.